The lowest BCUT2D eigenvalue weighted by Crippen LogP contribution is -2.26. The smallest absolute Gasteiger partial charge is 0.0485 e. The fourth-order valence-corrected chi connectivity index (χ4v) is 3.28. The maximum absolute atomic E-state index is 2.51. The molecule has 2 aromatic rings. The van der Waals surface area contributed by atoms with Crippen LogP contribution in [0, 0.1) is 0 Å². The number of rotatable bonds is 3. The minimum atomic E-state index is 0.530. The van der Waals surface area contributed by atoms with Gasteiger partial charge in [-0.05, 0) is 69.8 Å². The third kappa shape index (κ3) is 2.42. The Morgan fingerprint density at radius 2 is 2.11 bits per heavy atom. The molecule has 0 radical (unpaired) electrons. The number of fused-ring (bicyclic) bond motifs is 1. The van der Waals surface area contributed by atoms with Crippen molar-refractivity contribution in [2.45, 2.75) is 45.2 Å². The topological polar surface area (TPSA) is 8.17 Å². The first-order valence-corrected chi connectivity index (χ1v) is 7.45. The van der Waals surface area contributed by atoms with Crippen LogP contribution in [0.4, 0.5) is 0 Å². The van der Waals surface area contributed by atoms with Crippen LogP contribution in [0.3, 0.4) is 0 Å². The molecule has 2 heteroatoms. The molecule has 1 aromatic carbocycles. The highest BCUT2D eigenvalue weighted by atomic mass is 15.1. The molecule has 1 aliphatic heterocycles. The largest absolute Gasteiger partial charge is 0.345 e. The Labute approximate surface area is 116 Å². The molecule has 2 heterocycles. The molecule has 0 unspecified atom stereocenters. The Kier molecular flexibility index (Phi) is 3.36. The predicted molar refractivity (Wildman–Crippen MR) is 81.7 cm³/mol. The van der Waals surface area contributed by atoms with Crippen molar-refractivity contribution in [1.82, 2.24) is 9.47 Å². The van der Waals surface area contributed by atoms with Crippen molar-refractivity contribution in [3.63, 3.8) is 0 Å². The summed E-state index contributed by atoms with van der Waals surface area (Å²) in [6.07, 6.45) is 6.10. The van der Waals surface area contributed by atoms with Crippen molar-refractivity contribution in [2.24, 2.45) is 0 Å². The van der Waals surface area contributed by atoms with Crippen LogP contribution in [-0.2, 0) is 6.42 Å². The van der Waals surface area contributed by atoms with E-state index in [2.05, 4.69) is 60.8 Å². The Morgan fingerprint density at radius 3 is 2.79 bits per heavy atom. The van der Waals surface area contributed by atoms with Crippen LogP contribution < -0.4 is 0 Å². The van der Waals surface area contributed by atoms with E-state index < -0.39 is 0 Å². The third-order valence-corrected chi connectivity index (χ3v) is 4.49. The van der Waals surface area contributed by atoms with Crippen LogP contribution in [0.5, 0.6) is 0 Å². The van der Waals surface area contributed by atoms with Gasteiger partial charge in [-0.2, -0.15) is 0 Å². The molecule has 1 saturated heterocycles. The van der Waals surface area contributed by atoms with Crippen molar-refractivity contribution in [3.05, 3.63) is 36.0 Å². The molecule has 3 rings (SSSR count). The van der Waals surface area contributed by atoms with Crippen LogP contribution in [0.1, 0.15) is 38.3 Å². The fraction of sp³-hybridized carbons (Fsp3) is 0.529. The summed E-state index contributed by atoms with van der Waals surface area (Å²) in [5.74, 6) is 0. The van der Waals surface area contributed by atoms with Crippen LogP contribution in [-0.4, -0.2) is 29.1 Å². The maximum atomic E-state index is 2.51. The molecule has 0 bridgehead atoms. The van der Waals surface area contributed by atoms with E-state index in [0.29, 0.717) is 6.04 Å². The summed E-state index contributed by atoms with van der Waals surface area (Å²) in [4.78, 5) is 2.51. The fourth-order valence-electron chi connectivity index (χ4n) is 3.28. The van der Waals surface area contributed by atoms with Gasteiger partial charge in [-0.1, -0.05) is 12.1 Å². The molecule has 0 amide bonds. The van der Waals surface area contributed by atoms with Gasteiger partial charge in [0.15, 0.2) is 0 Å². The second-order valence-corrected chi connectivity index (χ2v) is 6.19. The molecule has 1 fully saturated rings. The van der Waals surface area contributed by atoms with Crippen molar-refractivity contribution in [3.8, 4) is 0 Å². The Bertz CT molecular complexity index is 568. The molecule has 0 spiro atoms. The second-order valence-electron chi connectivity index (χ2n) is 6.19. The summed E-state index contributed by atoms with van der Waals surface area (Å²) in [7, 11) is 2.26. The van der Waals surface area contributed by atoms with Crippen LogP contribution in [0.15, 0.2) is 30.5 Å². The Hall–Kier alpha value is -1.28. The highest BCUT2D eigenvalue weighted by Crippen LogP contribution is 2.24. The summed E-state index contributed by atoms with van der Waals surface area (Å²) in [5.41, 5.74) is 2.86. The molecule has 0 aliphatic carbocycles. The highest BCUT2D eigenvalue weighted by molar-refractivity contribution is 5.81. The number of nitrogens with zero attached hydrogens (tertiary/aromatic N) is 2. The van der Waals surface area contributed by atoms with E-state index >= 15 is 0 Å². The molecular weight excluding hydrogens is 232 g/mol. The van der Waals surface area contributed by atoms with Gasteiger partial charge in [0, 0.05) is 23.8 Å². The second kappa shape index (κ2) is 5.01. The molecule has 102 valence electrons. The van der Waals surface area contributed by atoms with Gasteiger partial charge in [0.25, 0.3) is 0 Å². The van der Waals surface area contributed by atoms with E-state index in [4.69, 9.17) is 0 Å². The van der Waals surface area contributed by atoms with E-state index in [9.17, 15) is 0 Å². The molecule has 0 N–H and O–H groups in total. The summed E-state index contributed by atoms with van der Waals surface area (Å²) in [6, 6.07) is 10.5. The van der Waals surface area contributed by atoms with Gasteiger partial charge in [0.05, 0.1) is 0 Å². The zero-order valence-electron chi connectivity index (χ0n) is 12.3. The standard InChI is InChI=1S/C17H24N2/c1-13(2)19-10-8-15-7-6-14(12-17(15)19)11-16-5-4-9-18(16)3/h6-8,10,12-13,16H,4-5,9,11H2,1-3H3/t16-/m0/s1. The van der Waals surface area contributed by atoms with Gasteiger partial charge in [-0.15, -0.1) is 0 Å². The van der Waals surface area contributed by atoms with E-state index in [0.717, 1.165) is 6.04 Å². The van der Waals surface area contributed by atoms with Crippen molar-refractivity contribution < 1.29 is 0 Å². The van der Waals surface area contributed by atoms with Crippen molar-refractivity contribution in [1.29, 1.82) is 0 Å². The van der Waals surface area contributed by atoms with Crippen LogP contribution in [0.2, 0.25) is 0 Å². The zero-order valence-corrected chi connectivity index (χ0v) is 12.3. The summed E-state index contributed by atoms with van der Waals surface area (Å²) < 4.78 is 2.37. The summed E-state index contributed by atoms with van der Waals surface area (Å²) in [5, 5.41) is 1.36. The number of likely N-dealkylation sites (tertiary alicyclic amines) is 1. The minimum Gasteiger partial charge on any atom is -0.345 e. The molecule has 1 aromatic heterocycles. The quantitative estimate of drug-likeness (QED) is 0.809. The molecule has 1 atom stereocenters. The van der Waals surface area contributed by atoms with Gasteiger partial charge in [0.2, 0.25) is 0 Å². The number of hydrogen-bond acceptors (Lipinski definition) is 1. The van der Waals surface area contributed by atoms with Crippen LogP contribution in [0.25, 0.3) is 10.9 Å². The lowest BCUT2D eigenvalue weighted by atomic mass is 10.0. The Balaban J connectivity index is 1.90. The van der Waals surface area contributed by atoms with Gasteiger partial charge < -0.3 is 9.47 Å². The Morgan fingerprint density at radius 1 is 1.26 bits per heavy atom. The lowest BCUT2D eigenvalue weighted by molar-refractivity contribution is 0.309. The summed E-state index contributed by atoms with van der Waals surface area (Å²) in [6.45, 7) is 5.75. The first-order chi connectivity index (χ1) is 9.15. The van der Waals surface area contributed by atoms with E-state index in [1.807, 2.05) is 0 Å². The summed E-state index contributed by atoms with van der Waals surface area (Å²) >= 11 is 0. The van der Waals surface area contributed by atoms with Crippen molar-refractivity contribution >= 4 is 10.9 Å². The normalized spacial score (nSPS) is 20.7. The van der Waals surface area contributed by atoms with Gasteiger partial charge in [-0.3, -0.25) is 0 Å². The monoisotopic (exact) mass is 256 g/mol. The number of likely N-dealkylation sites (N-methyl/N-ethyl adjacent to an activating group) is 1. The molecule has 19 heavy (non-hydrogen) atoms. The average molecular weight is 256 g/mol. The number of aromatic nitrogens is 1. The van der Waals surface area contributed by atoms with Gasteiger partial charge in [-0.25, -0.2) is 0 Å². The zero-order chi connectivity index (χ0) is 13.4. The van der Waals surface area contributed by atoms with Gasteiger partial charge >= 0.3 is 0 Å². The molecule has 0 saturated carbocycles. The van der Waals surface area contributed by atoms with E-state index in [-0.39, 0.29) is 0 Å². The number of benzene rings is 1. The third-order valence-electron chi connectivity index (χ3n) is 4.49. The first-order valence-electron chi connectivity index (χ1n) is 7.45. The van der Waals surface area contributed by atoms with Crippen molar-refractivity contribution in [2.75, 3.05) is 13.6 Å². The molecular formula is C17H24N2. The SMILES string of the molecule is CC(C)n1ccc2ccc(C[C@@H]3CCCN3C)cc21. The highest BCUT2D eigenvalue weighted by Gasteiger charge is 2.21. The first kappa shape index (κ1) is 12.7. The predicted octanol–water partition coefficient (Wildman–Crippen LogP) is 3.86. The van der Waals surface area contributed by atoms with E-state index in [1.165, 1.54) is 42.3 Å². The van der Waals surface area contributed by atoms with Crippen LogP contribution >= 0.6 is 0 Å². The van der Waals surface area contributed by atoms with Gasteiger partial charge in [0.1, 0.15) is 0 Å². The van der Waals surface area contributed by atoms with E-state index in [1.54, 1.807) is 0 Å². The minimum absolute atomic E-state index is 0.530. The lowest BCUT2D eigenvalue weighted by Gasteiger charge is -2.19. The average Bonchev–Trinajstić information content (AvgIpc) is 2.96. The number of hydrogen-bond donors (Lipinski definition) is 0. The molecule has 2 nitrogen and oxygen atoms in total. The molecule has 1 aliphatic rings. The maximum Gasteiger partial charge on any atom is 0.0485 e.